The van der Waals surface area contributed by atoms with Gasteiger partial charge in [-0.2, -0.15) is 0 Å². The molecule has 8 nitrogen and oxygen atoms in total. The first-order chi connectivity index (χ1) is 16.4. The number of anilines is 1. The van der Waals surface area contributed by atoms with Crippen LogP contribution in [0.15, 0.2) is 75.9 Å². The number of nitro benzene ring substituents is 1. The van der Waals surface area contributed by atoms with Crippen molar-refractivity contribution in [3.63, 3.8) is 0 Å². The first-order valence-electron chi connectivity index (χ1n) is 10.5. The maximum Gasteiger partial charge on any atom is 0.295 e. The molecule has 0 saturated carbocycles. The van der Waals surface area contributed by atoms with Gasteiger partial charge in [-0.25, -0.2) is 4.39 Å². The second-order valence-corrected chi connectivity index (χ2v) is 7.67. The molecule has 1 aliphatic heterocycles. The zero-order valence-corrected chi connectivity index (χ0v) is 17.9. The van der Waals surface area contributed by atoms with Crippen molar-refractivity contribution in [3.05, 3.63) is 110 Å². The largest absolute Gasteiger partial charge is 0.494 e. The third kappa shape index (κ3) is 3.38. The van der Waals surface area contributed by atoms with Crippen molar-refractivity contribution >= 4 is 28.3 Å². The van der Waals surface area contributed by atoms with Crippen molar-refractivity contribution in [1.82, 2.24) is 0 Å². The fraction of sp³-hybridized carbons (Fsp3) is 0.120. The van der Waals surface area contributed by atoms with Crippen molar-refractivity contribution in [1.29, 1.82) is 0 Å². The standard InChI is InChI=1S/C25H17FN2O6/c1-2-33-18-9-7-16(8-10-18)27-22(14-4-3-5-17(12-14)28(31)32)21-23(29)19-13-15(26)6-11-20(19)34-24(21)25(27)30/h3-13,22H,2H2,1H3. The summed E-state index contributed by atoms with van der Waals surface area (Å²) in [5.74, 6) is -0.800. The van der Waals surface area contributed by atoms with Gasteiger partial charge in [0.05, 0.1) is 28.5 Å². The first kappa shape index (κ1) is 21.3. The summed E-state index contributed by atoms with van der Waals surface area (Å²) in [5, 5.41) is 11.4. The second kappa shape index (κ2) is 8.11. The van der Waals surface area contributed by atoms with Crippen LogP contribution in [-0.4, -0.2) is 17.4 Å². The van der Waals surface area contributed by atoms with Gasteiger partial charge in [-0.05, 0) is 55.0 Å². The van der Waals surface area contributed by atoms with Crippen LogP contribution in [0.3, 0.4) is 0 Å². The van der Waals surface area contributed by atoms with E-state index in [-0.39, 0.29) is 28.0 Å². The van der Waals surface area contributed by atoms with Gasteiger partial charge in [0.15, 0.2) is 5.43 Å². The summed E-state index contributed by atoms with van der Waals surface area (Å²) in [4.78, 5) is 39.2. The van der Waals surface area contributed by atoms with Gasteiger partial charge >= 0.3 is 0 Å². The molecule has 0 fully saturated rings. The number of hydrogen-bond donors (Lipinski definition) is 0. The molecule has 0 aliphatic carbocycles. The molecule has 0 bridgehead atoms. The molecule has 1 amide bonds. The average Bonchev–Trinajstić information content (AvgIpc) is 3.13. The highest BCUT2D eigenvalue weighted by Crippen LogP contribution is 2.42. The lowest BCUT2D eigenvalue weighted by molar-refractivity contribution is -0.384. The summed E-state index contributed by atoms with van der Waals surface area (Å²) in [6, 6.07) is 14.9. The van der Waals surface area contributed by atoms with Crippen LogP contribution in [-0.2, 0) is 0 Å². The molecule has 1 aromatic heterocycles. The summed E-state index contributed by atoms with van der Waals surface area (Å²) in [5.41, 5.74) is 0.0851. The zero-order chi connectivity index (χ0) is 24.0. The number of non-ortho nitro benzene ring substituents is 1. The van der Waals surface area contributed by atoms with E-state index in [9.17, 15) is 24.1 Å². The molecule has 0 N–H and O–H groups in total. The molecule has 0 spiro atoms. The highest BCUT2D eigenvalue weighted by atomic mass is 19.1. The van der Waals surface area contributed by atoms with Gasteiger partial charge in [0.1, 0.15) is 17.1 Å². The molecule has 1 unspecified atom stereocenters. The normalized spacial score (nSPS) is 14.9. The molecule has 2 heterocycles. The van der Waals surface area contributed by atoms with Crippen LogP contribution in [0.5, 0.6) is 5.75 Å². The Kier molecular flexibility index (Phi) is 5.09. The molecule has 3 aromatic carbocycles. The quantitative estimate of drug-likeness (QED) is 0.307. The maximum atomic E-state index is 13.9. The zero-order valence-electron chi connectivity index (χ0n) is 17.9. The number of carbonyl (C=O) groups is 1. The van der Waals surface area contributed by atoms with Crippen LogP contribution in [0.25, 0.3) is 11.0 Å². The maximum absolute atomic E-state index is 13.9. The van der Waals surface area contributed by atoms with E-state index in [2.05, 4.69) is 0 Å². The van der Waals surface area contributed by atoms with Crippen LogP contribution in [0.1, 0.15) is 34.6 Å². The topological polar surface area (TPSA) is 103 Å². The summed E-state index contributed by atoms with van der Waals surface area (Å²) in [7, 11) is 0. The van der Waals surface area contributed by atoms with Crippen molar-refractivity contribution in [3.8, 4) is 5.75 Å². The van der Waals surface area contributed by atoms with Gasteiger partial charge in [0.25, 0.3) is 11.6 Å². The lowest BCUT2D eigenvalue weighted by Crippen LogP contribution is -2.29. The van der Waals surface area contributed by atoms with Crippen LogP contribution in [0.4, 0.5) is 15.8 Å². The fourth-order valence-electron chi connectivity index (χ4n) is 4.20. The average molecular weight is 460 g/mol. The van der Waals surface area contributed by atoms with Crippen molar-refractivity contribution < 1.29 is 23.3 Å². The molecule has 170 valence electrons. The highest BCUT2D eigenvalue weighted by Gasteiger charge is 2.44. The van der Waals surface area contributed by atoms with E-state index in [4.69, 9.17) is 9.15 Å². The number of carbonyl (C=O) groups excluding carboxylic acids is 1. The van der Waals surface area contributed by atoms with E-state index in [1.807, 2.05) is 6.92 Å². The molecular formula is C25H17FN2O6. The molecule has 0 saturated heterocycles. The Labute approximate surface area is 192 Å². The molecule has 34 heavy (non-hydrogen) atoms. The lowest BCUT2D eigenvalue weighted by atomic mass is 9.97. The number of hydrogen-bond acceptors (Lipinski definition) is 6. The molecule has 9 heteroatoms. The van der Waals surface area contributed by atoms with Gasteiger partial charge in [0.2, 0.25) is 5.76 Å². The molecule has 1 atom stereocenters. The number of benzene rings is 3. The Morgan fingerprint density at radius 1 is 1.09 bits per heavy atom. The van der Waals surface area contributed by atoms with Gasteiger partial charge in [0, 0.05) is 17.8 Å². The van der Waals surface area contributed by atoms with Crippen LogP contribution in [0.2, 0.25) is 0 Å². The minimum Gasteiger partial charge on any atom is -0.494 e. The number of ether oxygens (including phenoxy) is 1. The summed E-state index contributed by atoms with van der Waals surface area (Å²) < 4.78 is 25.1. The Bertz CT molecular complexity index is 1510. The van der Waals surface area contributed by atoms with E-state index >= 15 is 0 Å². The minimum atomic E-state index is -1.01. The number of amides is 1. The predicted octanol–water partition coefficient (Wildman–Crippen LogP) is 4.99. The number of halogens is 1. The second-order valence-electron chi connectivity index (χ2n) is 7.67. The lowest BCUT2D eigenvalue weighted by Gasteiger charge is -2.25. The first-order valence-corrected chi connectivity index (χ1v) is 10.5. The van der Waals surface area contributed by atoms with Crippen LogP contribution >= 0.6 is 0 Å². The number of nitro groups is 1. The smallest absolute Gasteiger partial charge is 0.295 e. The number of fused-ring (bicyclic) bond motifs is 2. The van der Waals surface area contributed by atoms with Crippen molar-refractivity contribution in [2.45, 2.75) is 13.0 Å². The fourth-order valence-corrected chi connectivity index (χ4v) is 4.20. The molecule has 1 aliphatic rings. The van der Waals surface area contributed by atoms with E-state index < -0.39 is 28.1 Å². The molecule has 4 aromatic rings. The third-order valence-electron chi connectivity index (χ3n) is 5.65. The highest BCUT2D eigenvalue weighted by molar-refractivity contribution is 6.10. The molecule has 5 rings (SSSR count). The van der Waals surface area contributed by atoms with Gasteiger partial charge < -0.3 is 9.15 Å². The van der Waals surface area contributed by atoms with Crippen LogP contribution in [0, 0.1) is 15.9 Å². The van der Waals surface area contributed by atoms with Crippen molar-refractivity contribution in [2.24, 2.45) is 0 Å². The summed E-state index contributed by atoms with van der Waals surface area (Å²) in [6.45, 7) is 2.31. The number of nitrogens with zero attached hydrogens (tertiary/aromatic N) is 2. The SMILES string of the molecule is CCOc1ccc(N2C(=O)c3oc4ccc(F)cc4c(=O)c3C2c2cccc([N+](=O)[O-])c2)cc1. The third-order valence-corrected chi connectivity index (χ3v) is 5.65. The summed E-state index contributed by atoms with van der Waals surface area (Å²) >= 11 is 0. The molecular weight excluding hydrogens is 443 g/mol. The van der Waals surface area contributed by atoms with Crippen molar-refractivity contribution in [2.75, 3.05) is 11.5 Å². The van der Waals surface area contributed by atoms with Gasteiger partial charge in [-0.3, -0.25) is 24.6 Å². The monoisotopic (exact) mass is 460 g/mol. The van der Waals surface area contributed by atoms with Gasteiger partial charge in [-0.15, -0.1) is 0 Å². The predicted molar refractivity (Wildman–Crippen MR) is 122 cm³/mol. The van der Waals surface area contributed by atoms with E-state index in [0.717, 1.165) is 12.1 Å². The minimum absolute atomic E-state index is 0.00233. The Morgan fingerprint density at radius 3 is 2.56 bits per heavy atom. The Balaban J connectivity index is 1.76. The number of rotatable bonds is 5. The summed E-state index contributed by atoms with van der Waals surface area (Å²) in [6.07, 6.45) is 0. The van der Waals surface area contributed by atoms with E-state index in [1.54, 1.807) is 30.3 Å². The van der Waals surface area contributed by atoms with Crippen LogP contribution < -0.4 is 15.1 Å². The van der Waals surface area contributed by atoms with E-state index in [0.29, 0.717) is 23.6 Å². The van der Waals surface area contributed by atoms with E-state index in [1.165, 1.54) is 29.2 Å². The Hall–Kier alpha value is -4.53. The van der Waals surface area contributed by atoms with Gasteiger partial charge in [-0.1, -0.05) is 12.1 Å². The Morgan fingerprint density at radius 2 is 1.85 bits per heavy atom. The molecule has 0 radical (unpaired) electrons.